The summed E-state index contributed by atoms with van der Waals surface area (Å²) < 4.78 is 5.48. The minimum Gasteiger partial charge on any atom is -0.466 e. The molecule has 1 amide bonds. The van der Waals surface area contributed by atoms with E-state index in [9.17, 15) is 19.8 Å². The summed E-state index contributed by atoms with van der Waals surface area (Å²) in [7, 11) is 0. The van der Waals surface area contributed by atoms with Gasteiger partial charge >= 0.3 is 5.97 Å². The number of hydrogen-bond acceptors (Lipinski definition) is 5. The summed E-state index contributed by atoms with van der Waals surface area (Å²) in [4.78, 5) is 24.6. The summed E-state index contributed by atoms with van der Waals surface area (Å²) in [6.07, 6.45) is 62.3. The van der Waals surface area contributed by atoms with Gasteiger partial charge in [-0.1, -0.05) is 296 Å². The number of rotatable bonds is 55. The summed E-state index contributed by atoms with van der Waals surface area (Å²) >= 11 is 0. The van der Waals surface area contributed by atoms with Gasteiger partial charge < -0.3 is 20.3 Å². The second kappa shape index (κ2) is 54.5. The molecule has 0 spiro atoms. The SMILES string of the molecule is CCCCCCCCCCCCCCCCCCCC(O)C(CO)NC(=O)CCCCCCCCCCCCCCCCOC(=O)CCCCCCCCCCCCCCCCCC. The molecular formula is C58H115NO5. The van der Waals surface area contributed by atoms with Gasteiger partial charge in [-0.25, -0.2) is 0 Å². The zero-order chi connectivity index (χ0) is 46.5. The van der Waals surface area contributed by atoms with E-state index < -0.39 is 12.1 Å². The Morgan fingerprint density at radius 2 is 0.641 bits per heavy atom. The number of amides is 1. The molecule has 0 saturated carbocycles. The maximum Gasteiger partial charge on any atom is 0.305 e. The number of unbranched alkanes of at least 4 members (excludes halogenated alkanes) is 44. The van der Waals surface area contributed by atoms with Crippen LogP contribution in [0.3, 0.4) is 0 Å². The molecule has 0 bridgehead atoms. The van der Waals surface area contributed by atoms with E-state index in [4.69, 9.17) is 4.74 Å². The number of aliphatic hydroxyl groups is 2. The third kappa shape index (κ3) is 50.3. The van der Waals surface area contributed by atoms with E-state index in [0.717, 1.165) is 51.4 Å². The van der Waals surface area contributed by atoms with Crippen molar-refractivity contribution in [2.24, 2.45) is 0 Å². The number of carbonyl (C=O) groups is 2. The van der Waals surface area contributed by atoms with Crippen LogP contribution in [0.4, 0.5) is 0 Å². The Hall–Kier alpha value is -1.14. The molecule has 3 N–H and O–H groups in total. The average molecular weight is 907 g/mol. The van der Waals surface area contributed by atoms with Crippen LogP contribution in [0.2, 0.25) is 0 Å². The second-order valence-electron chi connectivity index (χ2n) is 20.3. The minimum absolute atomic E-state index is 0.00246. The van der Waals surface area contributed by atoms with Crippen LogP contribution in [-0.4, -0.2) is 47.4 Å². The van der Waals surface area contributed by atoms with Gasteiger partial charge in [-0.05, 0) is 25.7 Å². The fraction of sp³-hybridized carbons (Fsp3) is 0.966. The quantitative estimate of drug-likeness (QED) is 0.0417. The van der Waals surface area contributed by atoms with Gasteiger partial charge in [0.25, 0.3) is 0 Å². The highest BCUT2D eigenvalue weighted by molar-refractivity contribution is 5.76. The van der Waals surface area contributed by atoms with Crippen LogP contribution < -0.4 is 5.32 Å². The summed E-state index contributed by atoms with van der Waals surface area (Å²) in [5.74, 6) is -0.0394. The number of ether oxygens (including phenoxy) is 1. The van der Waals surface area contributed by atoms with Gasteiger partial charge in [0.1, 0.15) is 0 Å². The lowest BCUT2D eigenvalue weighted by atomic mass is 10.0. The lowest BCUT2D eigenvalue weighted by Crippen LogP contribution is -2.45. The van der Waals surface area contributed by atoms with Crippen LogP contribution in [0.1, 0.15) is 335 Å². The van der Waals surface area contributed by atoms with Crippen molar-refractivity contribution >= 4 is 11.9 Å². The maximum atomic E-state index is 12.5. The topological polar surface area (TPSA) is 95.9 Å². The lowest BCUT2D eigenvalue weighted by molar-refractivity contribution is -0.143. The fourth-order valence-corrected chi connectivity index (χ4v) is 9.41. The predicted molar refractivity (Wildman–Crippen MR) is 278 cm³/mol. The van der Waals surface area contributed by atoms with Crippen LogP contribution in [0, 0.1) is 0 Å². The highest BCUT2D eigenvalue weighted by Crippen LogP contribution is 2.18. The first-order chi connectivity index (χ1) is 31.5. The van der Waals surface area contributed by atoms with Crippen molar-refractivity contribution in [2.45, 2.75) is 347 Å². The third-order valence-corrected chi connectivity index (χ3v) is 13.9. The first-order valence-electron chi connectivity index (χ1n) is 29.3. The van der Waals surface area contributed by atoms with E-state index in [1.807, 2.05) is 0 Å². The van der Waals surface area contributed by atoms with Gasteiger partial charge in [0, 0.05) is 12.8 Å². The number of carbonyl (C=O) groups excluding carboxylic acids is 2. The monoisotopic (exact) mass is 906 g/mol. The van der Waals surface area contributed by atoms with Gasteiger partial charge in [0.05, 0.1) is 25.4 Å². The molecule has 6 heteroatoms. The number of aliphatic hydroxyl groups excluding tert-OH is 2. The standard InChI is InChI=1S/C58H115NO5/c1-3-5-7-9-11-13-15-17-19-21-22-26-30-34-38-42-46-50-56(61)55(54-60)59-57(62)51-47-43-39-35-31-27-24-25-29-33-37-41-45-49-53-64-58(63)52-48-44-40-36-32-28-23-20-18-16-14-12-10-8-6-4-2/h55-56,60-61H,3-54H2,1-2H3,(H,59,62). The van der Waals surface area contributed by atoms with E-state index in [0.29, 0.717) is 25.9 Å². The molecule has 0 radical (unpaired) electrons. The van der Waals surface area contributed by atoms with Gasteiger partial charge in [-0.15, -0.1) is 0 Å². The molecule has 0 fully saturated rings. The molecule has 0 rings (SSSR count). The lowest BCUT2D eigenvalue weighted by Gasteiger charge is -2.22. The van der Waals surface area contributed by atoms with Crippen LogP contribution >= 0.6 is 0 Å². The van der Waals surface area contributed by atoms with Crippen molar-refractivity contribution in [3.05, 3.63) is 0 Å². The van der Waals surface area contributed by atoms with Crippen molar-refractivity contribution in [1.29, 1.82) is 0 Å². The Morgan fingerprint density at radius 3 is 0.953 bits per heavy atom. The zero-order valence-electron chi connectivity index (χ0n) is 43.5. The van der Waals surface area contributed by atoms with E-state index in [1.165, 1.54) is 250 Å². The Labute approximate surface area is 400 Å². The van der Waals surface area contributed by atoms with Crippen molar-refractivity contribution in [3.63, 3.8) is 0 Å². The molecule has 0 aliphatic rings. The van der Waals surface area contributed by atoms with Gasteiger partial charge in [-0.3, -0.25) is 9.59 Å². The molecule has 0 heterocycles. The second-order valence-corrected chi connectivity index (χ2v) is 20.3. The van der Waals surface area contributed by atoms with Crippen molar-refractivity contribution < 1.29 is 24.5 Å². The molecule has 0 aromatic rings. The summed E-state index contributed by atoms with van der Waals surface area (Å²) in [6.45, 7) is 4.96. The summed E-state index contributed by atoms with van der Waals surface area (Å²) in [6, 6.07) is -0.548. The zero-order valence-corrected chi connectivity index (χ0v) is 43.5. The van der Waals surface area contributed by atoms with Crippen molar-refractivity contribution in [2.75, 3.05) is 13.2 Å². The van der Waals surface area contributed by atoms with E-state index in [2.05, 4.69) is 19.2 Å². The smallest absolute Gasteiger partial charge is 0.305 e. The Bertz CT molecular complexity index is 913. The molecule has 64 heavy (non-hydrogen) atoms. The van der Waals surface area contributed by atoms with Crippen molar-refractivity contribution in [1.82, 2.24) is 5.32 Å². The summed E-state index contributed by atoms with van der Waals surface area (Å²) in [5.41, 5.74) is 0. The fourth-order valence-electron chi connectivity index (χ4n) is 9.41. The number of esters is 1. The Balaban J connectivity index is 3.41. The molecule has 2 unspecified atom stereocenters. The highest BCUT2D eigenvalue weighted by atomic mass is 16.5. The van der Waals surface area contributed by atoms with Crippen LogP contribution in [0.5, 0.6) is 0 Å². The van der Waals surface area contributed by atoms with Gasteiger partial charge in [0.2, 0.25) is 5.91 Å². The Kier molecular flexibility index (Phi) is 53.5. The molecule has 2 atom stereocenters. The van der Waals surface area contributed by atoms with Crippen LogP contribution in [-0.2, 0) is 14.3 Å². The molecule has 0 aliphatic carbocycles. The predicted octanol–water partition coefficient (Wildman–Crippen LogP) is 17.9. The van der Waals surface area contributed by atoms with Crippen LogP contribution in [0.25, 0.3) is 0 Å². The van der Waals surface area contributed by atoms with E-state index >= 15 is 0 Å². The number of nitrogens with one attached hydrogen (secondary N) is 1. The molecule has 0 aromatic carbocycles. The molecule has 0 aliphatic heterocycles. The number of hydrogen-bond donors (Lipinski definition) is 3. The van der Waals surface area contributed by atoms with Crippen molar-refractivity contribution in [3.8, 4) is 0 Å². The summed E-state index contributed by atoms with van der Waals surface area (Å²) in [5, 5.41) is 23.3. The first kappa shape index (κ1) is 62.9. The molecule has 6 nitrogen and oxygen atoms in total. The highest BCUT2D eigenvalue weighted by Gasteiger charge is 2.20. The first-order valence-corrected chi connectivity index (χ1v) is 29.3. The average Bonchev–Trinajstić information content (AvgIpc) is 3.29. The Morgan fingerprint density at radius 1 is 0.375 bits per heavy atom. The largest absolute Gasteiger partial charge is 0.466 e. The van der Waals surface area contributed by atoms with E-state index in [1.54, 1.807) is 0 Å². The molecule has 382 valence electrons. The maximum absolute atomic E-state index is 12.5. The third-order valence-electron chi connectivity index (χ3n) is 13.9. The normalized spacial score (nSPS) is 12.5. The minimum atomic E-state index is -0.670. The molecule has 0 saturated heterocycles. The molecule has 0 aromatic heterocycles. The molecular weight excluding hydrogens is 791 g/mol. The van der Waals surface area contributed by atoms with E-state index in [-0.39, 0.29) is 18.5 Å². The van der Waals surface area contributed by atoms with Gasteiger partial charge in [-0.2, -0.15) is 0 Å². The van der Waals surface area contributed by atoms with Crippen LogP contribution in [0.15, 0.2) is 0 Å². The van der Waals surface area contributed by atoms with Gasteiger partial charge in [0.15, 0.2) is 0 Å².